The van der Waals surface area contributed by atoms with Crippen LogP contribution < -0.4 is 0 Å². The van der Waals surface area contributed by atoms with E-state index in [1.165, 1.54) is 6.42 Å². The van der Waals surface area contributed by atoms with Gasteiger partial charge in [-0.3, -0.25) is 0 Å². The molecule has 1 atom stereocenters. The summed E-state index contributed by atoms with van der Waals surface area (Å²) in [6, 6.07) is 0. The molecule has 0 radical (unpaired) electrons. The zero-order chi connectivity index (χ0) is 12.1. The summed E-state index contributed by atoms with van der Waals surface area (Å²) in [7, 11) is 0. The lowest BCUT2D eigenvalue weighted by Crippen LogP contribution is -2.06. The van der Waals surface area contributed by atoms with Crippen molar-refractivity contribution in [1.82, 2.24) is 9.97 Å². The van der Waals surface area contributed by atoms with Gasteiger partial charge in [-0.25, -0.2) is 9.97 Å². The van der Waals surface area contributed by atoms with Crippen LogP contribution in [-0.2, 0) is 0 Å². The highest BCUT2D eigenvalue weighted by Gasteiger charge is 2.48. The summed E-state index contributed by atoms with van der Waals surface area (Å²) in [5.74, 6) is 1.81. The van der Waals surface area contributed by atoms with E-state index in [4.69, 9.17) is 11.6 Å². The van der Waals surface area contributed by atoms with Crippen LogP contribution in [0.25, 0.3) is 0 Å². The molecule has 0 aliphatic heterocycles. The molecule has 1 aromatic rings. The van der Waals surface area contributed by atoms with Crippen LogP contribution in [0.5, 0.6) is 0 Å². The third kappa shape index (κ3) is 2.21. The minimum Gasteiger partial charge on any atom is -0.236 e. The molecule has 2 nitrogen and oxygen atoms in total. The number of hydrogen-bond donors (Lipinski definition) is 0. The predicted octanol–water partition coefficient (Wildman–Crippen LogP) is 4.37. The van der Waals surface area contributed by atoms with Crippen molar-refractivity contribution in [3.8, 4) is 0 Å². The van der Waals surface area contributed by atoms with E-state index in [2.05, 4.69) is 60.3 Å². The molecule has 0 spiro atoms. The Balaban J connectivity index is 2.42. The van der Waals surface area contributed by atoms with E-state index in [-0.39, 0.29) is 0 Å². The lowest BCUT2D eigenvalue weighted by molar-refractivity contribution is 0.604. The second-order valence-corrected chi connectivity index (χ2v) is 6.91. The second-order valence-electron chi connectivity index (χ2n) is 5.47. The van der Waals surface area contributed by atoms with Crippen LogP contribution in [0, 0.1) is 8.99 Å². The minimum atomic E-state index is 0.352. The maximum atomic E-state index is 6.17. The van der Waals surface area contributed by atoms with E-state index in [1.54, 1.807) is 0 Å². The quantitative estimate of drug-likeness (QED) is 0.584. The molecule has 1 aliphatic rings. The van der Waals surface area contributed by atoms with Crippen LogP contribution in [-0.4, -0.2) is 9.97 Å². The van der Waals surface area contributed by atoms with Crippen molar-refractivity contribution in [3.63, 3.8) is 0 Å². The minimum absolute atomic E-state index is 0.352. The zero-order valence-electron chi connectivity index (χ0n) is 10.0. The second kappa shape index (κ2) is 4.09. The normalized spacial score (nSPS) is 22.6. The van der Waals surface area contributed by atoms with Crippen molar-refractivity contribution < 1.29 is 0 Å². The Labute approximate surface area is 115 Å². The van der Waals surface area contributed by atoms with Crippen molar-refractivity contribution in [1.29, 1.82) is 0 Å². The molecule has 1 aromatic heterocycles. The smallest absolute Gasteiger partial charge is 0.146 e. The fourth-order valence-corrected chi connectivity index (χ4v) is 2.95. The highest BCUT2D eigenvalue weighted by molar-refractivity contribution is 14.1. The summed E-state index contributed by atoms with van der Waals surface area (Å²) in [4.78, 5) is 9.11. The fraction of sp³-hybridized carbons (Fsp3) is 0.667. The van der Waals surface area contributed by atoms with Crippen LogP contribution in [0.15, 0.2) is 0 Å². The maximum Gasteiger partial charge on any atom is 0.146 e. The first-order valence-electron chi connectivity index (χ1n) is 5.55. The summed E-state index contributed by atoms with van der Waals surface area (Å²) >= 11 is 8.40. The first kappa shape index (κ1) is 12.6. The first-order chi connectivity index (χ1) is 7.33. The number of halogens is 2. The number of rotatable bonds is 2. The summed E-state index contributed by atoms with van der Waals surface area (Å²) in [5, 5.41) is 0.608. The van der Waals surface area contributed by atoms with E-state index < -0.39 is 0 Å². The monoisotopic (exact) mass is 350 g/mol. The molecule has 2 rings (SSSR count). The lowest BCUT2D eigenvalue weighted by Gasteiger charge is -2.11. The predicted molar refractivity (Wildman–Crippen MR) is 75.0 cm³/mol. The van der Waals surface area contributed by atoms with Gasteiger partial charge in [0.1, 0.15) is 11.0 Å². The molecule has 0 aromatic carbocycles. The van der Waals surface area contributed by atoms with Crippen LogP contribution in [0.3, 0.4) is 0 Å². The Hall–Kier alpha value is 0.100. The first-order valence-corrected chi connectivity index (χ1v) is 7.01. The van der Waals surface area contributed by atoms with Gasteiger partial charge < -0.3 is 0 Å². The van der Waals surface area contributed by atoms with E-state index in [9.17, 15) is 0 Å². The average molecular weight is 351 g/mol. The summed E-state index contributed by atoms with van der Waals surface area (Å²) in [6.45, 7) is 8.79. The molecule has 1 aliphatic carbocycles. The molecule has 1 heterocycles. The summed E-state index contributed by atoms with van der Waals surface area (Å²) < 4.78 is 0.997. The van der Waals surface area contributed by atoms with Gasteiger partial charge in [-0.2, -0.15) is 0 Å². The molecule has 0 N–H and O–H groups in total. The molecule has 1 saturated carbocycles. The van der Waals surface area contributed by atoms with Gasteiger partial charge in [0, 0.05) is 5.92 Å². The Bertz CT molecular complexity index is 429. The van der Waals surface area contributed by atoms with E-state index >= 15 is 0 Å². The van der Waals surface area contributed by atoms with Gasteiger partial charge in [0.05, 0.1) is 9.26 Å². The van der Waals surface area contributed by atoms with E-state index in [1.807, 2.05) is 0 Å². The topological polar surface area (TPSA) is 25.8 Å². The molecular weight excluding hydrogens is 335 g/mol. The highest BCUT2D eigenvalue weighted by Crippen LogP contribution is 2.57. The van der Waals surface area contributed by atoms with Crippen LogP contribution >= 0.6 is 34.2 Å². The average Bonchev–Trinajstić information content (AvgIpc) is 2.79. The number of hydrogen-bond acceptors (Lipinski definition) is 2. The van der Waals surface area contributed by atoms with Gasteiger partial charge in [-0.05, 0) is 40.3 Å². The molecule has 0 saturated heterocycles. The van der Waals surface area contributed by atoms with Crippen molar-refractivity contribution in [2.24, 2.45) is 5.41 Å². The lowest BCUT2D eigenvalue weighted by atomic mass is 10.1. The molecule has 1 fully saturated rings. The summed E-state index contributed by atoms with van der Waals surface area (Å²) in [6.07, 6.45) is 1.17. The molecule has 0 amide bonds. The van der Waals surface area contributed by atoms with Gasteiger partial charge in [0.25, 0.3) is 0 Å². The Morgan fingerprint density at radius 3 is 2.38 bits per heavy atom. The highest BCUT2D eigenvalue weighted by atomic mass is 127. The molecule has 1 unspecified atom stereocenters. The zero-order valence-corrected chi connectivity index (χ0v) is 12.9. The third-order valence-electron chi connectivity index (χ3n) is 3.23. The van der Waals surface area contributed by atoms with Crippen molar-refractivity contribution >= 4 is 34.2 Å². The molecule has 88 valence electrons. The van der Waals surface area contributed by atoms with Crippen LogP contribution in [0.4, 0.5) is 0 Å². The largest absolute Gasteiger partial charge is 0.236 e. The fourth-order valence-electron chi connectivity index (χ4n) is 1.90. The van der Waals surface area contributed by atoms with Gasteiger partial charge in [-0.1, -0.05) is 39.3 Å². The maximum absolute atomic E-state index is 6.17. The van der Waals surface area contributed by atoms with Gasteiger partial charge in [0.15, 0.2) is 0 Å². The SMILES string of the molecule is CC(C)c1nc(C2CC2(C)C)nc(Cl)c1I. The standard InChI is InChI=1S/C12H16ClIN2/c1-6(2)9-8(14)10(13)16-11(15-9)7-5-12(7,3)4/h6-7H,5H2,1-4H3. The molecule has 0 bridgehead atoms. The molecule has 4 heteroatoms. The van der Waals surface area contributed by atoms with Gasteiger partial charge >= 0.3 is 0 Å². The van der Waals surface area contributed by atoms with Gasteiger partial charge in [-0.15, -0.1) is 0 Å². The number of aromatic nitrogens is 2. The Morgan fingerprint density at radius 2 is 1.94 bits per heavy atom. The van der Waals surface area contributed by atoms with Gasteiger partial charge in [0.2, 0.25) is 0 Å². The van der Waals surface area contributed by atoms with Crippen LogP contribution in [0.2, 0.25) is 5.15 Å². The Kier molecular flexibility index (Phi) is 3.21. The van der Waals surface area contributed by atoms with E-state index in [0.717, 1.165) is 15.1 Å². The summed E-state index contributed by atoms with van der Waals surface area (Å²) in [5.41, 5.74) is 1.43. The third-order valence-corrected chi connectivity index (χ3v) is 4.88. The number of nitrogens with zero attached hydrogens (tertiary/aromatic N) is 2. The van der Waals surface area contributed by atoms with Crippen LogP contribution in [0.1, 0.15) is 57.5 Å². The molecular formula is C12H16ClIN2. The van der Waals surface area contributed by atoms with E-state index in [0.29, 0.717) is 22.4 Å². The molecule has 16 heavy (non-hydrogen) atoms. The van der Waals surface area contributed by atoms with Crippen molar-refractivity contribution in [3.05, 3.63) is 20.2 Å². The Morgan fingerprint density at radius 1 is 1.38 bits per heavy atom. The van der Waals surface area contributed by atoms with Crippen molar-refractivity contribution in [2.75, 3.05) is 0 Å². The van der Waals surface area contributed by atoms with Crippen molar-refractivity contribution in [2.45, 2.75) is 46.0 Å².